The molecular weight excluding hydrogens is 929 g/mol. The Bertz CT molecular complexity index is 4320. The Hall–Kier alpha value is -9.76. The molecule has 0 unspecified atom stereocenters. The maximum Gasteiger partial charge on any atom is 0.0540 e. The van der Waals surface area contributed by atoms with Crippen LogP contribution in [0, 0.1) is 0 Å². The van der Waals surface area contributed by atoms with Crippen LogP contribution in [0.15, 0.2) is 291 Å². The van der Waals surface area contributed by atoms with Crippen molar-refractivity contribution in [1.82, 2.24) is 0 Å². The van der Waals surface area contributed by atoms with Crippen molar-refractivity contribution < 1.29 is 0 Å². The van der Waals surface area contributed by atoms with E-state index in [0.717, 1.165) is 34.1 Å². The molecule has 1 aliphatic carbocycles. The fraction of sp³-hybridized carbons (Fsp3) is 0.0400. The van der Waals surface area contributed by atoms with Gasteiger partial charge in [0.25, 0.3) is 0 Å². The van der Waals surface area contributed by atoms with Gasteiger partial charge in [-0.1, -0.05) is 220 Å². The van der Waals surface area contributed by atoms with E-state index in [1.54, 1.807) is 0 Å². The van der Waals surface area contributed by atoms with Gasteiger partial charge >= 0.3 is 0 Å². The predicted molar refractivity (Wildman–Crippen MR) is 328 cm³/mol. The molecule has 1 aliphatic rings. The molecule has 14 rings (SSSR count). The second kappa shape index (κ2) is 18.9. The average Bonchev–Trinajstić information content (AvgIpc) is 3.97. The van der Waals surface area contributed by atoms with Crippen LogP contribution < -0.4 is 9.80 Å². The smallest absolute Gasteiger partial charge is 0.0540 e. The Morgan fingerprint density at radius 1 is 0.260 bits per heavy atom. The molecule has 0 heterocycles. The largest absolute Gasteiger partial charge is 0.310 e. The number of hydrogen-bond donors (Lipinski definition) is 0. The van der Waals surface area contributed by atoms with Crippen LogP contribution in [0.4, 0.5) is 34.1 Å². The van der Waals surface area contributed by atoms with Crippen LogP contribution in [0.1, 0.15) is 25.0 Å². The fourth-order valence-corrected chi connectivity index (χ4v) is 12.3. The van der Waals surface area contributed by atoms with Crippen molar-refractivity contribution in [3.8, 4) is 55.6 Å². The van der Waals surface area contributed by atoms with E-state index < -0.39 is 0 Å². The van der Waals surface area contributed by atoms with Crippen LogP contribution in [-0.2, 0) is 5.41 Å². The van der Waals surface area contributed by atoms with E-state index in [4.69, 9.17) is 0 Å². The summed E-state index contributed by atoms with van der Waals surface area (Å²) in [6, 6.07) is 107. The van der Waals surface area contributed by atoms with Crippen LogP contribution in [0.25, 0.3) is 88.0 Å². The van der Waals surface area contributed by atoms with Crippen molar-refractivity contribution in [2.75, 3.05) is 9.80 Å². The zero-order chi connectivity index (χ0) is 51.5. The molecule has 0 radical (unpaired) electrons. The minimum Gasteiger partial charge on any atom is -0.310 e. The molecular formula is C75H54N2. The molecule has 0 N–H and O–H groups in total. The van der Waals surface area contributed by atoms with Crippen LogP contribution in [-0.4, -0.2) is 0 Å². The summed E-state index contributed by atoms with van der Waals surface area (Å²) in [6.07, 6.45) is 0. The van der Waals surface area contributed by atoms with Crippen molar-refractivity contribution in [1.29, 1.82) is 0 Å². The van der Waals surface area contributed by atoms with E-state index in [1.807, 2.05) is 0 Å². The van der Waals surface area contributed by atoms with Gasteiger partial charge in [0, 0.05) is 39.3 Å². The van der Waals surface area contributed by atoms with E-state index in [2.05, 4.69) is 315 Å². The summed E-state index contributed by atoms with van der Waals surface area (Å²) >= 11 is 0. The number of benzene rings is 13. The van der Waals surface area contributed by atoms with Crippen LogP contribution in [0.5, 0.6) is 0 Å². The molecule has 0 fully saturated rings. The summed E-state index contributed by atoms with van der Waals surface area (Å²) in [7, 11) is 0. The van der Waals surface area contributed by atoms with Gasteiger partial charge in [-0.15, -0.1) is 0 Å². The highest BCUT2D eigenvalue weighted by Gasteiger charge is 2.39. The Morgan fingerprint density at radius 2 is 0.701 bits per heavy atom. The van der Waals surface area contributed by atoms with Gasteiger partial charge in [0.1, 0.15) is 0 Å². The Balaban J connectivity index is 0.925. The van der Waals surface area contributed by atoms with Gasteiger partial charge in [-0.25, -0.2) is 0 Å². The van der Waals surface area contributed by atoms with E-state index in [9.17, 15) is 0 Å². The summed E-state index contributed by atoms with van der Waals surface area (Å²) in [5.74, 6) is 0. The quantitative estimate of drug-likeness (QED) is 0.126. The first-order valence-corrected chi connectivity index (χ1v) is 26.7. The maximum absolute atomic E-state index is 2.49. The van der Waals surface area contributed by atoms with Crippen molar-refractivity contribution in [3.63, 3.8) is 0 Å². The summed E-state index contributed by atoms with van der Waals surface area (Å²) in [4.78, 5) is 4.88. The first-order valence-electron chi connectivity index (χ1n) is 26.7. The summed E-state index contributed by atoms with van der Waals surface area (Å²) < 4.78 is 0. The van der Waals surface area contributed by atoms with E-state index in [-0.39, 0.29) is 5.41 Å². The lowest BCUT2D eigenvalue weighted by molar-refractivity contribution is 0.667. The number of fused-ring (bicyclic) bond motifs is 9. The van der Waals surface area contributed by atoms with Gasteiger partial charge in [-0.05, 0) is 173 Å². The highest BCUT2D eigenvalue weighted by molar-refractivity contribution is 6.20. The van der Waals surface area contributed by atoms with E-state index >= 15 is 0 Å². The van der Waals surface area contributed by atoms with Crippen LogP contribution in [0.3, 0.4) is 0 Å². The SMILES string of the molecule is CC1(C)c2cc3cc(N(c4ccccc4)c4ccc(-c5ccccc5)cc4-c4ccccc4)ccc3cc2-c2c1c1ccc(N(c3ccccc3)c3ccc(-c4ccccc4)cc3-c3ccccc3)cc1c1ccccc21. The third kappa shape index (κ3) is 7.97. The van der Waals surface area contributed by atoms with Crippen molar-refractivity contribution in [3.05, 3.63) is 302 Å². The standard InChI is InChI=1S/C75H54N2/c1-75(2)70-49-58-45-61(76(59-31-17-7-18-32-59)71-43-38-55(51-23-9-3-10-24-51)46-66(71)53-27-13-5-14-28-53)40-37-57(58)48-69(70)73-64-36-22-21-35-63(64)68-50-62(41-42-65(68)74(73)75)77(60-33-19-8-20-34-60)72-44-39-56(52-25-11-4-12-26-52)47-67(72)54-29-15-6-16-30-54/h3-50H,1-2H3. The second-order valence-electron chi connectivity index (χ2n) is 20.8. The third-order valence-electron chi connectivity index (χ3n) is 15.9. The molecule has 0 bridgehead atoms. The summed E-state index contributed by atoms with van der Waals surface area (Å²) in [6.45, 7) is 4.87. The van der Waals surface area contributed by atoms with E-state index in [0.29, 0.717) is 0 Å². The summed E-state index contributed by atoms with van der Waals surface area (Å²) in [5, 5.41) is 7.50. The molecule has 2 nitrogen and oxygen atoms in total. The number of anilines is 6. The normalized spacial score (nSPS) is 12.4. The van der Waals surface area contributed by atoms with Gasteiger partial charge < -0.3 is 9.80 Å². The second-order valence-corrected chi connectivity index (χ2v) is 20.8. The lowest BCUT2D eigenvalue weighted by atomic mass is 9.79. The lowest BCUT2D eigenvalue weighted by Crippen LogP contribution is -2.16. The van der Waals surface area contributed by atoms with Crippen molar-refractivity contribution >= 4 is 66.4 Å². The molecule has 0 aromatic heterocycles. The zero-order valence-corrected chi connectivity index (χ0v) is 43.1. The highest BCUT2D eigenvalue weighted by atomic mass is 15.1. The monoisotopic (exact) mass is 982 g/mol. The molecule has 13 aromatic rings. The number of nitrogens with zero attached hydrogens (tertiary/aromatic N) is 2. The van der Waals surface area contributed by atoms with Gasteiger partial charge in [0.15, 0.2) is 0 Å². The molecule has 364 valence electrons. The third-order valence-corrected chi connectivity index (χ3v) is 15.9. The van der Waals surface area contributed by atoms with E-state index in [1.165, 1.54) is 99.1 Å². The maximum atomic E-state index is 2.49. The molecule has 13 aromatic carbocycles. The topological polar surface area (TPSA) is 6.48 Å². The van der Waals surface area contributed by atoms with Gasteiger partial charge in [0.2, 0.25) is 0 Å². The molecule has 0 spiro atoms. The number of rotatable bonds is 10. The van der Waals surface area contributed by atoms with Gasteiger partial charge in [-0.3, -0.25) is 0 Å². The molecule has 0 aliphatic heterocycles. The predicted octanol–water partition coefficient (Wildman–Crippen LogP) is 21.1. The molecule has 0 amide bonds. The Labute approximate surface area is 451 Å². The average molecular weight is 983 g/mol. The first-order chi connectivity index (χ1) is 38.0. The molecule has 2 heteroatoms. The first kappa shape index (κ1) is 45.8. The van der Waals surface area contributed by atoms with Crippen molar-refractivity contribution in [2.45, 2.75) is 19.3 Å². The molecule has 0 saturated carbocycles. The fourth-order valence-electron chi connectivity index (χ4n) is 12.3. The van der Waals surface area contributed by atoms with Crippen LogP contribution in [0.2, 0.25) is 0 Å². The van der Waals surface area contributed by atoms with Gasteiger partial charge in [0.05, 0.1) is 11.4 Å². The van der Waals surface area contributed by atoms with Gasteiger partial charge in [-0.2, -0.15) is 0 Å². The lowest BCUT2D eigenvalue weighted by Gasteiger charge is -2.30. The minimum absolute atomic E-state index is 0.307. The Morgan fingerprint density at radius 3 is 1.22 bits per heavy atom. The molecule has 0 saturated heterocycles. The Kier molecular flexibility index (Phi) is 11.2. The minimum atomic E-state index is -0.307. The molecule has 77 heavy (non-hydrogen) atoms. The zero-order valence-electron chi connectivity index (χ0n) is 43.1. The number of hydrogen-bond acceptors (Lipinski definition) is 2. The highest BCUT2D eigenvalue weighted by Crippen LogP contribution is 2.57. The summed E-state index contributed by atoms with van der Waals surface area (Å²) in [5.41, 5.74) is 21.2. The molecule has 0 atom stereocenters. The van der Waals surface area contributed by atoms with Crippen molar-refractivity contribution in [2.24, 2.45) is 0 Å². The number of para-hydroxylation sites is 2. The van der Waals surface area contributed by atoms with Crippen LogP contribution >= 0.6 is 0 Å².